The van der Waals surface area contributed by atoms with Crippen LogP contribution in [-0.4, -0.2) is 20.6 Å². The van der Waals surface area contributed by atoms with Crippen molar-refractivity contribution in [1.82, 2.24) is 0 Å². The van der Waals surface area contributed by atoms with E-state index in [2.05, 4.69) is 0 Å². The van der Waals surface area contributed by atoms with Crippen molar-refractivity contribution in [2.75, 3.05) is 11.4 Å². The van der Waals surface area contributed by atoms with Gasteiger partial charge in [-0.25, -0.2) is 8.42 Å². The lowest BCUT2D eigenvalue weighted by atomic mass is 10.2. The highest BCUT2D eigenvalue weighted by molar-refractivity contribution is 7.92. The quantitative estimate of drug-likeness (QED) is 0.937. The fourth-order valence-electron chi connectivity index (χ4n) is 1.69. The van der Waals surface area contributed by atoms with Gasteiger partial charge in [0.05, 0.1) is 22.2 Å². The number of phenolic OH excluding ortho intramolecular Hbond substituents is 1. The summed E-state index contributed by atoms with van der Waals surface area (Å²) in [5.41, 5.74) is 0.893. The average molecular weight is 288 g/mol. The number of phenols is 1. The minimum absolute atomic E-state index is 0.00404. The normalized spacial score (nSPS) is 10.8. The van der Waals surface area contributed by atoms with Gasteiger partial charge >= 0.3 is 0 Å². The van der Waals surface area contributed by atoms with E-state index in [1.807, 2.05) is 6.07 Å². The molecule has 6 heteroatoms. The van der Waals surface area contributed by atoms with Crippen LogP contribution in [0.15, 0.2) is 53.4 Å². The highest BCUT2D eigenvalue weighted by atomic mass is 32.2. The number of nitrogens with zero attached hydrogens (tertiary/aromatic N) is 2. The van der Waals surface area contributed by atoms with Gasteiger partial charge in [0.15, 0.2) is 0 Å². The maximum Gasteiger partial charge on any atom is 0.264 e. The Morgan fingerprint density at radius 1 is 1.15 bits per heavy atom. The van der Waals surface area contributed by atoms with Crippen LogP contribution in [0.1, 0.15) is 5.56 Å². The summed E-state index contributed by atoms with van der Waals surface area (Å²) in [7, 11) is -2.33. The number of sulfonamides is 1. The summed E-state index contributed by atoms with van der Waals surface area (Å²) >= 11 is 0. The Kier molecular flexibility index (Phi) is 3.63. The summed E-state index contributed by atoms with van der Waals surface area (Å²) in [6, 6.07) is 13.6. The number of rotatable bonds is 3. The van der Waals surface area contributed by atoms with Gasteiger partial charge in [0.1, 0.15) is 5.75 Å². The Balaban J connectivity index is 2.40. The molecule has 1 N–H and O–H groups in total. The Bertz CT molecular complexity index is 762. The number of nitriles is 1. The third kappa shape index (κ3) is 2.58. The molecule has 0 fully saturated rings. The number of benzene rings is 2. The van der Waals surface area contributed by atoms with Gasteiger partial charge in [-0.2, -0.15) is 5.26 Å². The van der Waals surface area contributed by atoms with Gasteiger partial charge in [-0.05, 0) is 36.4 Å². The van der Waals surface area contributed by atoms with E-state index in [0.717, 1.165) is 4.31 Å². The minimum atomic E-state index is -3.74. The predicted octanol–water partition coefficient (Wildman–Crippen LogP) is 2.09. The van der Waals surface area contributed by atoms with Gasteiger partial charge in [-0.3, -0.25) is 4.31 Å². The van der Waals surface area contributed by atoms with Crippen LogP contribution < -0.4 is 4.31 Å². The number of aromatic hydroxyl groups is 1. The summed E-state index contributed by atoms with van der Waals surface area (Å²) in [4.78, 5) is 0.00404. The Morgan fingerprint density at radius 2 is 1.80 bits per heavy atom. The summed E-state index contributed by atoms with van der Waals surface area (Å²) in [6.45, 7) is 0. The zero-order valence-electron chi connectivity index (χ0n) is 10.7. The van der Waals surface area contributed by atoms with E-state index in [4.69, 9.17) is 5.26 Å². The smallest absolute Gasteiger partial charge is 0.264 e. The van der Waals surface area contributed by atoms with Crippen molar-refractivity contribution in [2.24, 2.45) is 0 Å². The molecule has 0 aliphatic rings. The molecule has 0 aliphatic heterocycles. The number of anilines is 1. The second-order valence-corrected chi connectivity index (χ2v) is 6.10. The summed E-state index contributed by atoms with van der Waals surface area (Å²) in [5.74, 6) is -0.112. The molecule has 2 aromatic carbocycles. The molecule has 2 aromatic rings. The van der Waals surface area contributed by atoms with Crippen LogP contribution in [0.5, 0.6) is 5.75 Å². The molecule has 0 aliphatic carbocycles. The zero-order chi connectivity index (χ0) is 14.8. The topological polar surface area (TPSA) is 81.4 Å². The molecule has 0 radical (unpaired) electrons. The SMILES string of the molecule is CN(c1ccc(C#N)cc1)S(=O)(=O)c1cccc(O)c1. The van der Waals surface area contributed by atoms with Crippen LogP contribution in [0.25, 0.3) is 0 Å². The van der Waals surface area contributed by atoms with Crippen LogP contribution in [-0.2, 0) is 10.0 Å². The van der Waals surface area contributed by atoms with Gasteiger partial charge in [-0.15, -0.1) is 0 Å². The van der Waals surface area contributed by atoms with E-state index >= 15 is 0 Å². The van der Waals surface area contributed by atoms with E-state index in [-0.39, 0.29) is 10.6 Å². The van der Waals surface area contributed by atoms with Gasteiger partial charge < -0.3 is 5.11 Å². The lowest BCUT2D eigenvalue weighted by Gasteiger charge is -2.19. The first-order valence-electron chi connectivity index (χ1n) is 5.73. The van der Waals surface area contributed by atoms with Gasteiger partial charge in [-0.1, -0.05) is 6.07 Å². The molecule has 0 saturated heterocycles. The molecule has 0 heterocycles. The third-order valence-corrected chi connectivity index (χ3v) is 4.62. The molecule has 102 valence electrons. The Hall–Kier alpha value is -2.52. The molecule has 5 nitrogen and oxygen atoms in total. The monoisotopic (exact) mass is 288 g/mol. The molecule has 0 saturated carbocycles. The average Bonchev–Trinajstić information content (AvgIpc) is 2.46. The molecule has 0 aromatic heterocycles. The van der Waals surface area contributed by atoms with E-state index in [0.29, 0.717) is 11.3 Å². The van der Waals surface area contributed by atoms with Crippen molar-refractivity contribution in [1.29, 1.82) is 5.26 Å². The first-order chi connectivity index (χ1) is 9.45. The highest BCUT2D eigenvalue weighted by Gasteiger charge is 2.21. The van der Waals surface area contributed by atoms with Crippen molar-refractivity contribution in [3.63, 3.8) is 0 Å². The molecule has 0 atom stereocenters. The summed E-state index contributed by atoms with van der Waals surface area (Å²) < 4.78 is 25.9. The van der Waals surface area contributed by atoms with Crippen LogP contribution >= 0.6 is 0 Å². The van der Waals surface area contributed by atoms with E-state index < -0.39 is 10.0 Å². The Labute approximate surface area is 117 Å². The van der Waals surface area contributed by atoms with Crippen molar-refractivity contribution < 1.29 is 13.5 Å². The lowest BCUT2D eigenvalue weighted by molar-refractivity contribution is 0.473. The van der Waals surface area contributed by atoms with E-state index in [1.54, 1.807) is 24.3 Å². The predicted molar refractivity (Wildman–Crippen MR) is 74.9 cm³/mol. The summed E-state index contributed by atoms with van der Waals surface area (Å²) in [5, 5.41) is 18.1. The maximum absolute atomic E-state index is 12.4. The standard InChI is InChI=1S/C14H12N2O3S/c1-16(12-7-5-11(10-15)6-8-12)20(18,19)14-4-2-3-13(17)9-14/h2-9,17H,1H3. The van der Waals surface area contributed by atoms with Crippen molar-refractivity contribution >= 4 is 15.7 Å². The maximum atomic E-state index is 12.4. The minimum Gasteiger partial charge on any atom is -0.508 e. The van der Waals surface area contributed by atoms with Crippen molar-refractivity contribution in [3.05, 3.63) is 54.1 Å². The molecule has 20 heavy (non-hydrogen) atoms. The van der Waals surface area contributed by atoms with Crippen LogP contribution in [0.3, 0.4) is 0 Å². The second kappa shape index (κ2) is 5.23. The molecule has 0 spiro atoms. The van der Waals surface area contributed by atoms with E-state index in [1.165, 1.54) is 31.3 Å². The molecule has 0 amide bonds. The van der Waals surface area contributed by atoms with Gasteiger partial charge in [0, 0.05) is 13.1 Å². The van der Waals surface area contributed by atoms with Crippen LogP contribution in [0.2, 0.25) is 0 Å². The van der Waals surface area contributed by atoms with Gasteiger partial charge in [0.2, 0.25) is 0 Å². The number of hydrogen-bond acceptors (Lipinski definition) is 4. The van der Waals surface area contributed by atoms with Gasteiger partial charge in [0.25, 0.3) is 10.0 Å². The third-order valence-electron chi connectivity index (χ3n) is 2.84. The van der Waals surface area contributed by atoms with Crippen LogP contribution in [0.4, 0.5) is 5.69 Å². The Morgan fingerprint density at radius 3 is 2.35 bits per heavy atom. The molecular formula is C14H12N2O3S. The fourth-order valence-corrected chi connectivity index (χ4v) is 2.92. The zero-order valence-corrected chi connectivity index (χ0v) is 11.5. The highest BCUT2D eigenvalue weighted by Crippen LogP contribution is 2.24. The molecule has 2 rings (SSSR count). The van der Waals surface area contributed by atoms with Crippen molar-refractivity contribution in [3.8, 4) is 11.8 Å². The first kappa shape index (κ1) is 13.9. The molecule has 0 bridgehead atoms. The lowest BCUT2D eigenvalue weighted by Crippen LogP contribution is -2.26. The van der Waals surface area contributed by atoms with Crippen molar-refractivity contribution in [2.45, 2.75) is 4.90 Å². The van der Waals surface area contributed by atoms with Crippen LogP contribution in [0, 0.1) is 11.3 Å². The fraction of sp³-hybridized carbons (Fsp3) is 0.0714. The first-order valence-corrected chi connectivity index (χ1v) is 7.17. The number of hydrogen-bond donors (Lipinski definition) is 1. The largest absolute Gasteiger partial charge is 0.508 e. The second-order valence-electron chi connectivity index (χ2n) is 4.13. The molecule has 0 unspecified atom stereocenters. The summed E-state index contributed by atoms with van der Waals surface area (Å²) in [6.07, 6.45) is 0. The van der Waals surface area contributed by atoms with E-state index in [9.17, 15) is 13.5 Å². The molecular weight excluding hydrogens is 276 g/mol.